The van der Waals surface area contributed by atoms with Gasteiger partial charge in [0.05, 0.1) is 30.0 Å². The van der Waals surface area contributed by atoms with Crippen molar-refractivity contribution in [3.8, 4) is 5.75 Å². The lowest BCUT2D eigenvalue weighted by Gasteiger charge is -2.26. The Balaban J connectivity index is 1.63. The number of fused-ring (bicyclic) bond motifs is 2. The SMILES string of the molecule is COc1cc2c(cc1Nc1ncc3cnn(CCC(C)(C)O)c3n1)CN(C)CC2. The number of hydrogen-bond donors (Lipinski definition) is 2. The van der Waals surface area contributed by atoms with Crippen LogP contribution in [-0.4, -0.2) is 56.1 Å². The third kappa shape index (κ3) is 4.33. The molecular formula is C21H28N6O2. The van der Waals surface area contributed by atoms with Crippen molar-refractivity contribution in [3.63, 3.8) is 0 Å². The molecule has 1 aromatic carbocycles. The van der Waals surface area contributed by atoms with E-state index in [2.05, 4.69) is 44.5 Å². The molecule has 2 aromatic heterocycles. The Labute approximate surface area is 170 Å². The number of nitrogens with zero attached hydrogens (tertiary/aromatic N) is 5. The van der Waals surface area contributed by atoms with Crippen LogP contribution >= 0.6 is 0 Å². The number of aryl methyl sites for hydroxylation is 1. The van der Waals surface area contributed by atoms with E-state index in [9.17, 15) is 5.11 Å². The van der Waals surface area contributed by atoms with Gasteiger partial charge in [-0.3, -0.25) is 0 Å². The van der Waals surface area contributed by atoms with Gasteiger partial charge in [0, 0.05) is 25.8 Å². The molecule has 0 spiro atoms. The summed E-state index contributed by atoms with van der Waals surface area (Å²) in [5.41, 5.74) is 3.45. The predicted molar refractivity (Wildman–Crippen MR) is 113 cm³/mol. The maximum atomic E-state index is 10.0. The van der Waals surface area contributed by atoms with Crippen molar-refractivity contribution in [2.24, 2.45) is 0 Å². The second kappa shape index (κ2) is 7.61. The molecule has 0 amide bonds. The quantitative estimate of drug-likeness (QED) is 0.662. The smallest absolute Gasteiger partial charge is 0.229 e. The van der Waals surface area contributed by atoms with Crippen molar-refractivity contribution in [1.29, 1.82) is 0 Å². The second-order valence-corrected chi connectivity index (χ2v) is 8.34. The van der Waals surface area contributed by atoms with Crippen LogP contribution in [0, 0.1) is 0 Å². The van der Waals surface area contributed by atoms with E-state index in [0.717, 1.165) is 42.0 Å². The van der Waals surface area contributed by atoms with Crippen LogP contribution in [0.5, 0.6) is 5.75 Å². The summed E-state index contributed by atoms with van der Waals surface area (Å²) in [4.78, 5) is 11.4. The minimum Gasteiger partial charge on any atom is -0.495 e. The van der Waals surface area contributed by atoms with Crippen LogP contribution in [0.3, 0.4) is 0 Å². The lowest BCUT2D eigenvalue weighted by atomic mass is 9.99. The van der Waals surface area contributed by atoms with Crippen molar-refractivity contribution in [1.82, 2.24) is 24.6 Å². The number of ether oxygens (including phenoxy) is 1. The number of anilines is 2. The van der Waals surface area contributed by atoms with Crippen molar-refractivity contribution in [2.75, 3.05) is 26.0 Å². The first-order valence-corrected chi connectivity index (χ1v) is 9.89. The summed E-state index contributed by atoms with van der Waals surface area (Å²) in [6.07, 6.45) is 5.11. The second-order valence-electron chi connectivity index (χ2n) is 8.34. The van der Waals surface area contributed by atoms with Crippen molar-refractivity contribution in [3.05, 3.63) is 35.7 Å². The minimum atomic E-state index is -0.754. The molecule has 8 heteroatoms. The molecule has 154 valence electrons. The summed E-state index contributed by atoms with van der Waals surface area (Å²) in [5, 5.41) is 18.6. The average molecular weight is 396 g/mol. The molecule has 0 atom stereocenters. The van der Waals surface area contributed by atoms with Gasteiger partial charge in [-0.25, -0.2) is 9.67 Å². The van der Waals surface area contributed by atoms with Gasteiger partial charge in [-0.2, -0.15) is 10.1 Å². The Hall–Kier alpha value is -2.71. The number of benzene rings is 1. The van der Waals surface area contributed by atoms with Gasteiger partial charge < -0.3 is 20.1 Å². The lowest BCUT2D eigenvalue weighted by Crippen LogP contribution is -2.26. The molecule has 29 heavy (non-hydrogen) atoms. The molecule has 0 bridgehead atoms. The van der Waals surface area contributed by atoms with Gasteiger partial charge in [-0.1, -0.05) is 0 Å². The molecule has 0 radical (unpaired) electrons. The molecule has 0 saturated heterocycles. The van der Waals surface area contributed by atoms with Crippen LogP contribution in [0.1, 0.15) is 31.4 Å². The number of aromatic nitrogens is 4. The first-order chi connectivity index (χ1) is 13.8. The molecular weight excluding hydrogens is 368 g/mol. The number of hydrogen-bond acceptors (Lipinski definition) is 7. The lowest BCUT2D eigenvalue weighted by molar-refractivity contribution is 0.0655. The predicted octanol–water partition coefficient (Wildman–Crippen LogP) is 2.73. The van der Waals surface area contributed by atoms with E-state index in [-0.39, 0.29) is 0 Å². The molecule has 0 saturated carbocycles. The molecule has 1 aliphatic heterocycles. The van der Waals surface area contributed by atoms with E-state index in [0.29, 0.717) is 18.9 Å². The standard InChI is InChI=1S/C21H28N6O2/c1-21(2,28)6-8-27-19-16(12-23-27)11-22-20(25-19)24-17-9-15-13-26(3)7-5-14(15)10-18(17)29-4/h9-12,28H,5-8,13H2,1-4H3,(H,22,24,25). The normalized spacial score (nSPS) is 14.8. The van der Waals surface area contributed by atoms with Crippen molar-refractivity contribution >= 4 is 22.7 Å². The summed E-state index contributed by atoms with van der Waals surface area (Å²) in [6.45, 7) is 6.13. The van der Waals surface area contributed by atoms with Crippen LogP contribution in [0.25, 0.3) is 11.0 Å². The van der Waals surface area contributed by atoms with Gasteiger partial charge in [0.15, 0.2) is 5.65 Å². The fraction of sp³-hybridized carbons (Fsp3) is 0.476. The summed E-state index contributed by atoms with van der Waals surface area (Å²) >= 11 is 0. The largest absolute Gasteiger partial charge is 0.495 e. The first kappa shape index (κ1) is 19.6. The fourth-order valence-corrected chi connectivity index (χ4v) is 3.58. The van der Waals surface area contributed by atoms with Crippen molar-refractivity contribution in [2.45, 2.75) is 45.4 Å². The molecule has 0 unspecified atom stereocenters. The zero-order valence-electron chi connectivity index (χ0n) is 17.4. The van der Waals surface area contributed by atoms with Gasteiger partial charge >= 0.3 is 0 Å². The minimum absolute atomic E-state index is 0.491. The highest BCUT2D eigenvalue weighted by molar-refractivity contribution is 5.76. The van der Waals surface area contributed by atoms with E-state index in [1.165, 1.54) is 11.1 Å². The van der Waals surface area contributed by atoms with Crippen LogP contribution in [0.15, 0.2) is 24.5 Å². The molecule has 3 heterocycles. The Morgan fingerprint density at radius 1 is 1.24 bits per heavy atom. The van der Waals surface area contributed by atoms with Crippen molar-refractivity contribution < 1.29 is 9.84 Å². The van der Waals surface area contributed by atoms with E-state index in [4.69, 9.17) is 4.74 Å². The van der Waals surface area contributed by atoms with Crippen LogP contribution < -0.4 is 10.1 Å². The number of methoxy groups -OCH3 is 1. The summed E-state index contributed by atoms with van der Waals surface area (Å²) in [7, 11) is 3.81. The van der Waals surface area contributed by atoms with Gasteiger partial charge in [0.2, 0.25) is 5.95 Å². The number of likely N-dealkylation sites (N-methyl/N-ethyl adjacent to an activating group) is 1. The summed E-state index contributed by atoms with van der Waals surface area (Å²) in [6, 6.07) is 4.24. The molecule has 0 fully saturated rings. The van der Waals surface area contributed by atoms with Crippen LogP contribution in [-0.2, 0) is 19.5 Å². The Kier molecular flexibility index (Phi) is 5.14. The average Bonchev–Trinajstić information content (AvgIpc) is 3.07. The molecule has 4 rings (SSSR count). The molecule has 2 N–H and O–H groups in total. The van der Waals surface area contributed by atoms with Gasteiger partial charge in [0.25, 0.3) is 0 Å². The highest BCUT2D eigenvalue weighted by atomic mass is 16.5. The zero-order chi connectivity index (χ0) is 20.6. The van der Waals surface area contributed by atoms with E-state index in [1.54, 1.807) is 38.0 Å². The van der Waals surface area contributed by atoms with Gasteiger partial charge in [-0.05, 0) is 57.0 Å². The molecule has 1 aliphatic rings. The third-order valence-electron chi connectivity index (χ3n) is 5.28. The Bertz CT molecular complexity index is 1020. The van der Waals surface area contributed by atoms with Gasteiger partial charge in [-0.15, -0.1) is 0 Å². The molecule has 0 aliphatic carbocycles. The number of aliphatic hydroxyl groups is 1. The number of rotatable bonds is 6. The number of nitrogens with one attached hydrogen (secondary N) is 1. The van der Waals surface area contributed by atoms with Crippen LogP contribution in [0.4, 0.5) is 11.6 Å². The maximum Gasteiger partial charge on any atom is 0.229 e. The molecule has 8 nitrogen and oxygen atoms in total. The summed E-state index contributed by atoms with van der Waals surface area (Å²) < 4.78 is 7.41. The molecule has 3 aromatic rings. The monoisotopic (exact) mass is 396 g/mol. The topological polar surface area (TPSA) is 88.3 Å². The Morgan fingerprint density at radius 2 is 2.07 bits per heavy atom. The van der Waals surface area contributed by atoms with E-state index in [1.807, 2.05) is 0 Å². The third-order valence-corrected chi connectivity index (χ3v) is 5.28. The van der Waals surface area contributed by atoms with Crippen LogP contribution in [0.2, 0.25) is 0 Å². The van der Waals surface area contributed by atoms with E-state index < -0.39 is 5.60 Å². The summed E-state index contributed by atoms with van der Waals surface area (Å²) in [5.74, 6) is 1.28. The highest BCUT2D eigenvalue weighted by Gasteiger charge is 2.18. The maximum absolute atomic E-state index is 10.0. The Morgan fingerprint density at radius 3 is 2.83 bits per heavy atom. The fourth-order valence-electron chi connectivity index (χ4n) is 3.58. The zero-order valence-corrected chi connectivity index (χ0v) is 17.4. The first-order valence-electron chi connectivity index (χ1n) is 9.89. The van der Waals surface area contributed by atoms with E-state index >= 15 is 0 Å². The highest BCUT2D eigenvalue weighted by Crippen LogP contribution is 2.33. The van der Waals surface area contributed by atoms with Gasteiger partial charge in [0.1, 0.15) is 5.75 Å².